The summed E-state index contributed by atoms with van der Waals surface area (Å²) in [5.41, 5.74) is 7.08. The second kappa shape index (κ2) is 7.98. The quantitative estimate of drug-likeness (QED) is 0.473. The Morgan fingerprint density at radius 1 is 1.06 bits per heavy atom. The molecule has 4 aromatic rings. The van der Waals surface area contributed by atoms with Crippen molar-refractivity contribution >= 4 is 22.5 Å². The van der Waals surface area contributed by atoms with Crippen LogP contribution in [0.15, 0.2) is 36.5 Å². The molecule has 0 amide bonds. The smallest absolute Gasteiger partial charge is 0.187 e. The van der Waals surface area contributed by atoms with E-state index in [0.717, 1.165) is 46.6 Å². The van der Waals surface area contributed by atoms with Gasteiger partial charge in [0.2, 0.25) is 0 Å². The fourth-order valence-electron chi connectivity index (χ4n) is 4.30. The number of carbonyl (C=O) groups is 1. The Morgan fingerprint density at radius 2 is 1.90 bits per heavy atom. The van der Waals surface area contributed by atoms with Crippen molar-refractivity contribution in [1.29, 1.82) is 0 Å². The summed E-state index contributed by atoms with van der Waals surface area (Å²) in [7, 11) is 0. The Labute approximate surface area is 180 Å². The molecule has 2 N–H and O–H groups in total. The number of Topliss-reactive ketones (excluding diaryl/α,β-unsaturated/α-hetero) is 1. The number of hydrogen-bond donors (Lipinski definition) is 2. The monoisotopic (exact) mass is 414 g/mol. The lowest BCUT2D eigenvalue weighted by Crippen LogP contribution is -2.29. The maximum atomic E-state index is 12.8. The molecule has 7 nitrogen and oxygen atoms in total. The Kier molecular flexibility index (Phi) is 5.02. The number of H-pyrrole nitrogens is 2. The summed E-state index contributed by atoms with van der Waals surface area (Å²) < 4.78 is 0. The number of pyridine rings is 1. The summed E-state index contributed by atoms with van der Waals surface area (Å²) in [5, 5.41) is 15.5. The van der Waals surface area contributed by atoms with E-state index in [4.69, 9.17) is 0 Å². The lowest BCUT2D eigenvalue weighted by atomic mass is 10.0. The summed E-state index contributed by atoms with van der Waals surface area (Å²) in [5.74, 6) is -0.0138. The number of carbonyl (C=O) groups excluding carboxylic acids is 1. The highest BCUT2D eigenvalue weighted by Gasteiger charge is 2.17. The van der Waals surface area contributed by atoms with Crippen molar-refractivity contribution < 1.29 is 4.79 Å². The third kappa shape index (κ3) is 3.71. The van der Waals surface area contributed by atoms with Gasteiger partial charge in [0.15, 0.2) is 11.4 Å². The predicted octanol–water partition coefficient (Wildman–Crippen LogP) is 4.38. The first-order chi connectivity index (χ1) is 15.1. The van der Waals surface area contributed by atoms with E-state index in [1.165, 1.54) is 24.9 Å². The van der Waals surface area contributed by atoms with Crippen molar-refractivity contribution in [2.24, 2.45) is 0 Å². The van der Waals surface area contributed by atoms with Crippen molar-refractivity contribution in [1.82, 2.24) is 25.4 Å². The van der Waals surface area contributed by atoms with Crippen LogP contribution in [0, 0.1) is 13.8 Å². The molecule has 3 aromatic heterocycles. The summed E-state index contributed by atoms with van der Waals surface area (Å²) in [6, 6.07) is 10.6. The van der Waals surface area contributed by atoms with E-state index in [-0.39, 0.29) is 12.2 Å². The number of aromatic amines is 2. The number of aromatic nitrogens is 5. The largest absolute Gasteiger partial charge is 0.372 e. The number of aryl methyl sites for hydroxylation is 1. The molecular weight excluding hydrogens is 388 g/mol. The molecule has 0 atom stereocenters. The fourth-order valence-corrected chi connectivity index (χ4v) is 4.30. The Morgan fingerprint density at radius 3 is 2.68 bits per heavy atom. The topological polar surface area (TPSA) is 90.6 Å². The number of benzene rings is 1. The average molecular weight is 415 g/mol. The molecule has 0 bridgehead atoms. The minimum absolute atomic E-state index is 0.0138. The van der Waals surface area contributed by atoms with Crippen molar-refractivity contribution in [3.8, 4) is 11.3 Å². The van der Waals surface area contributed by atoms with Gasteiger partial charge in [0, 0.05) is 53.6 Å². The molecule has 1 saturated heterocycles. The summed E-state index contributed by atoms with van der Waals surface area (Å²) in [4.78, 5) is 19.7. The molecular formula is C24H26N6O. The Bertz CT molecular complexity index is 1250. The molecule has 1 fully saturated rings. The van der Waals surface area contributed by atoms with Gasteiger partial charge in [-0.05, 0) is 56.9 Å². The molecule has 0 unspecified atom stereocenters. The van der Waals surface area contributed by atoms with E-state index < -0.39 is 0 Å². The first kappa shape index (κ1) is 19.5. The van der Waals surface area contributed by atoms with Crippen LogP contribution in [-0.2, 0) is 6.42 Å². The van der Waals surface area contributed by atoms with Gasteiger partial charge in [-0.3, -0.25) is 15.0 Å². The van der Waals surface area contributed by atoms with Crippen molar-refractivity contribution in [3.63, 3.8) is 0 Å². The van der Waals surface area contributed by atoms with E-state index in [9.17, 15) is 4.79 Å². The summed E-state index contributed by atoms with van der Waals surface area (Å²) in [6.45, 7) is 6.04. The van der Waals surface area contributed by atoms with Gasteiger partial charge in [0.25, 0.3) is 0 Å². The minimum atomic E-state index is -0.0138. The molecule has 4 heterocycles. The molecule has 0 spiro atoms. The lowest BCUT2D eigenvalue weighted by Gasteiger charge is -2.29. The SMILES string of the molecule is Cc1[nH]nc(C(=O)Cc2cnc3n[nH]c(-c4cccc(N5CCCCC5)c4)c3c2)c1C. The van der Waals surface area contributed by atoms with E-state index in [1.54, 1.807) is 6.20 Å². The van der Waals surface area contributed by atoms with E-state index >= 15 is 0 Å². The molecule has 1 aromatic carbocycles. The molecule has 7 heteroatoms. The van der Waals surface area contributed by atoms with Crippen LogP contribution >= 0.6 is 0 Å². The van der Waals surface area contributed by atoms with Gasteiger partial charge in [-0.1, -0.05) is 12.1 Å². The number of nitrogens with zero attached hydrogens (tertiary/aromatic N) is 4. The zero-order valence-corrected chi connectivity index (χ0v) is 17.9. The van der Waals surface area contributed by atoms with E-state index in [0.29, 0.717) is 11.3 Å². The highest BCUT2D eigenvalue weighted by atomic mass is 16.1. The number of rotatable bonds is 5. The lowest BCUT2D eigenvalue weighted by molar-refractivity contribution is 0.0987. The van der Waals surface area contributed by atoms with Crippen molar-refractivity contribution in [3.05, 3.63) is 59.0 Å². The molecule has 31 heavy (non-hydrogen) atoms. The van der Waals surface area contributed by atoms with Gasteiger partial charge in [0.05, 0.1) is 5.69 Å². The first-order valence-corrected chi connectivity index (χ1v) is 10.8. The van der Waals surface area contributed by atoms with Gasteiger partial charge in [-0.2, -0.15) is 10.2 Å². The second-order valence-electron chi connectivity index (χ2n) is 8.33. The molecule has 158 valence electrons. The average Bonchev–Trinajstić information content (AvgIpc) is 3.37. The van der Waals surface area contributed by atoms with Gasteiger partial charge in [0.1, 0.15) is 5.69 Å². The molecule has 0 aliphatic carbocycles. The van der Waals surface area contributed by atoms with Crippen LogP contribution in [0.1, 0.15) is 46.6 Å². The van der Waals surface area contributed by atoms with Crippen LogP contribution in [0.5, 0.6) is 0 Å². The molecule has 0 radical (unpaired) electrons. The van der Waals surface area contributed by atoms with Crippen LogP contribution in [0.3, 0.4) is 0 Å². The van der Waals surface area contributed by atoms with E-state index in [2.05, 4.69) is 54.5 Å². The number of fused-ring (bicyclic) bond motifs is 1. The molecule has 5 rings (SSSR count). The van der Waals surface area contributed by atoms with Crippen LogP contribution in [0.25, 0.3) is 22.3 Å². The molecule has 1 aliphatic rings. The predicted molar refractivity (Wildman–Crippen MR) is 121 cm³/mol. The highest BCUT2D eigenvalue weighted by Crippen LogP contribution is 2.30. The Balaban J connectivity index is 1.45. The zero-order valence-electron chi connectivity index (χ0n) is 17.9. The van der Waals surface area contributed by atoms with Gasteiger partial charge in [-0.25, -0.2) is 4.98 Å². The normalized spacial score (nSPS) is 14.3. The maximum Gasteiger partial charge on any atom is 0.187 e. The van der Waals surface area contributed by atoms with E-state index in [1.807, 2.05) is 19.9 Å². The van der Waals surface area contributed by atoms with Crippen LogP contribution in [-0.4, -0.2) is 44.3 Å². The van der Waals surface area contributed by atoms with Gasteiger partial charge in [-0.15, -0.1) is 0 Å². The highest BCUT2D eigenvalue weighted by molar-refractivity contribution is 5.98. The number of ketones is 1. The maximum absolute atomic E-state index is 12.8. The number of piperidine rings is 1. The molecule has 1 aliphatic heterocycles. The fraction of sp³-hybridized carbons (Fsp3) is 0.333. The van der Waals surface area contributed by atoms with Crippen molar-refractivity contribution in [2.45, 2.75) is 39.5 Å². The van der Waals surface area contributed by atoms with Crippen LogP contribution < -0.4 is 4.90 Å². The third-order valence-corrected chi connectivity index (χ3v) is 6.20. The first-order valence-electron chi connectivity index (χ1n) is 10.8. The standard InChI is InChI=1S/C24H26N6O/c1-15-16(2)26-27-22(15)21(31)12-17-11-20-23(28-29-24(20)25-14-17)18-7-6-8-19(13-18)30-9-4-3-5-10-30/h6-8,11,13-14H,3-5,9-10,12H2,1-2H3,(H,26,27)(H,25,28,29). The number of nitrogens with one attached hydrogen (secondary N) is 2. The minimum Gasteiger partial charge on any atom is -0.372 e. The zero-order chi connectivity index (χ0) is 21.4. The van der Waals surface area contributed by atoms with Gasteiger partial charge >= 0.3 is 0 Å². The number of anilines is 1. The van der Waals surface area contributed by atoms with Gasteiger partial charge < -0.3 is 4.90 Å². The second-order valence-corrected chi connectivity index (χ2v) is 8.33. The van der Waals surface area contributed by atoms with Crippen LogP contribution in [0.4, 0.5) is 5.69 Å². The number of hydrogen-bond acceptors (Lipinski definition) is 5. The molecule has 0 saturated carbocycles. The van der Waals surface area contributed by atoms with Crippen LogP contribution in [0.2, 0.25) is 0 Å². The summed E-state index contributed by atoms with van der Waals surface area (Å²) in [6.07, 6.45) is 5.78. The Hall–Kier alpha value is -3.48. The summed E-state index contributed by atoms with van der Waals surface area (Å²) >= 11 is 0. The third-order valence-electron chi connectivity index (χ3n) is 6.20. The van der Waals surface area contributed by atoms with Crippen molar-refractivity contribution in [2.75, 3.05) is 18.0 Å².